The zero-order valence-electron chi connectivity index (χ0n) is 14.1. The third-order valence-electron chi connectivity index (χ3n) is 3.87. The first-order valence-electron chi connectivity index (χ1n) is 7.73. The number of rotatable bonds is 4. The van der Waals surface area contributed by atoms with Crippen LogP contribution in [0.1, 0.15) is 5.69 Å². The fraction of sp³-hybridized carbons (Fsp3) is 0.0556. The Balaban J connectivity index is 2.00. The Morgan fingerprint density at radius 2 is 2.04 bits per heavy atom. The molecule has 0 bridgehead atoms. The normalized spacial score (nSPS) is 11.6. The second-order valence-corrected chi connectivity index (χ2v) is 5.59. The maximum absolute atomic E-state index is 12.4. The van der Waals surface area contributed by atoms with Crippen molar-refractivity contribution >= 4 is 33.9 Å². The minimum atomic E-state index is -0.898. The van der Waals surface area contributed by atoms with Crippen LogP contribution < -0.4 is 5.32 Å². The van der Waals surface area contributed by atoms with Gasteiger partial charge in [-0.05, 0) is 12.1 Å². The SMILES string of the molecule is Cn1nc(/C(O)=C(\C#N)C(=O)Nc2cccc([N+](=O)[O-])c2)c2ccccc21. The van der Waals surface area contributed by atoms with Gasteiger partial charge < -0.3 is 10.4 Å². The van der Waals surface area contributed by atoms with Crippen LogP contribution >= 0.6 is 0 Å². The molecule has 1 amide bonds. The Hall–Kier alpha value is -4.19. The molecule has 0 spiro atoms. The number of aliphatic hydroxyl groups excluding tert-OH is 1. The lowest BCUT2D eigenvalue weighted by Gasteiger charge is -2.05. The number of carbonyl (C=O) groups is 1. The number of fused-ring (bicyclic) bond motifs is 1. The van der Waals surface area contributed by atoms with E-state index in [-0.39, 0.29) is 17.1 Å². The molecule has 0 unspecified atom stereocenters. The summed E-state index contributed by atoms with van der Waals surface area (Å²) in [6, 6.07) is 14.0. The van der Waals surface area contributed by atoms with Crippen molar-refractivity contribution in [3.8, 4) is 6.07 Å². The Morgan fingerprint density at radius 1 is 1.30 bits per heavy atom. The Morgan fingerprint density at radius 3 is 2.74 bits per heavy atom. The molecule has 1 aromatic heterocycles. The second kappa shape index (κ2) is 6.97. The molecule has 27 heavy (non-hydrogen) atoms. The van der Waals surface area contributed by atoms with Gasteiger partial charge >= 0.3 is 0 Å². The molecule has 0 aliphatic rings. The molecule has 2 N–H and O–H groups in total. The summed E-state index contributed by atoms with van der Waals surface area (Å²) in [5, 5.41) is 37.8. The van der Waals surface area contributed by atoms with E-state index in [9.17, 15) is 25.3 Å². The van der Waals surface area contributed by atoms with E-state index in [0.717, 1.165) is 11.6 Å². The summed E-state index contributed by atoms with van der Waals surface area (Å²) in [6.07, 6.45) is 0. The van der Waals surface area contributed by atoms with Crippen LogP contribution in [0.2, 0.25) is 0 Å². The quantitative estimate of drug-likeness (QED) is 0.241. The van der Waals surface area contributed by atoms with Gasteiger partial charge in [0.05, 0.1) is 10.4 Å². The molecule has 0 radical (unpaired) electrons. The molecule has 0 fully saturated rings. The van der Waals surface area contributed by atoms with Crippen molar-refractivity contribution in [1.29, 1.82) is 5.26 Å². The standard InChI is InChI=1S/C18H13N5O4/c1-22-15-8-3-2-7-13(15)16(21-22)17(24)14(10-19)18(25)20-11-5-4-6-12(9-11)23(26)27/h2-9,24H,1H3,(H,20,25)/b17-14-. The van der Waals surface area contributed by atoms with Crippen LogP contribution in [0.5, 0.6) is 0 Å². The highest BCUT2D eigenvalue weighted by Crippen LogP contribution is 2.25. The summed E-state index contributed by atoms with van der Waals surface area (Å²) >= 11 is 0. The van der Waals surface area contributed by atoms with Gasteiger partial charge in [0.15, 0.2) is 11.3 Å². The summed E-state index contributed by atoms with van der Waals surface area (Å²) in [6.45, 7) is 0. The predicted molar refractivity (Wildman–Crippen MR) is 97.6 cm³/mol. The van der Waals surface area contributed by atoms with E-state index in [1.807, 2.05) is 0 Å². The zero-order valence-corrected chi connectivity index (χ0v) is 14.1. The van der Waals surface area contributed by atoms with Crippen molar-refractivity contribution in [2.75, 3.05) is 5.32 Å². The van der Waals surface area contributed by atoms with E-state index in [1.54, 1.807) is 37.4 Å². The number of anilines is 1. The summed E-state index contributed by atoms with van der Waals surface area (Å²) in [5.74, 6) is -1.47. The van der Waals surface area contributed by atoms with Crippen molar-refractivity contribution in [2.24, 2.45) is 7.05 Å². The maximum Gasteiger partial charge on any atom is 0.271 e. The molecule has 9 nitrogen and oxygen atoms in total. The fourth-order valence-corrected chi connectivity index (χ4v) is 2.61. The number of hydrogen-bond acceptors (Lipinski definition) is 6. The topological polar surface area (TPSA) is 134 Å². The third kappa shape index (κ3) is 3.32. The number of aliphatic hydroxyl groups is 1. The van der Waals surface area contributed by atoms with E-state index >= 15 is 0 Å². The first-order valence-corrected chi connectivity index (χ1v) is 7.73. The van der Waals surface area contributed by atoms with E-state index < -0.39 is 22.2 Å². The summed E-state index contributed by atoms with van der Waals surface area (Å²) in [4.78, 5) is 22.7. The van der Waals surface area contributed by atoms with Gasteiger partial charge in [-0.3, -0.25) is 19.6 Å². The van der Waals surface area contributed by atoms with Crippen LogP contribution in [-0.2, 0) is 11.8 Å². The van der Waals surface area contributed by atoms with Gasteiger partial charge in [0.25, 0.3) is 11.6 Å². The van der Waals surface area contributed by atoms with Crippen LogP contribution in [0.4, 0.5) is 11.4 Å². The molecule has 3 rings (SSSR count). The molecular weight excluding hydrogens is 350 g/mol. The average molecular weight is 363 g/mol. The summed E-state index contributed by atoms with van der Waals surface area (Å²) in [7, 11) is 1.67. The van der Waals surface area contributed by atoms with Crippen molar-refractivity contribution in [2.45, 2.75) is 0 Å². The monoisotopic (exact) mass is 363 g/mol. The second-order valence-electron chi connectivity index (χ2n) is 5.59. The lowest BCUT2D eigenvalue weighted by atomic mass is 10.1. The van der Waals surface area contributed by atoms with Crippen LogP contribution in [0.25, 0.3) is 16.7 Å². The van der Waals surface area contributed by atoms with Gasteiger partial charge in [-0.2, -0.15) is 10.4 Å². The largest absolute Gasteiger partial charge is 0.504 e. The van der Waals surface area contributed by atoms with Crippen molar-refractivity contribution in [3.63, 3.8) is 0 Å². The molecule has 9 heteroatoms. The van der Waals surface area contributed by atoms with Crippen LogP contribution in [0, 0.1) is 21.4 Å². The molecule has 0 saturated heterocycles. The number of nitrogens with zero attached hydrogens (tertiary/aromatic N) is 4. The van der Waals surface area contributed by atoms with E-state index in [0.29, 0.717) is 5.39 Å². The molecule has 0 atom stereocenters. The summed E-state index contributed by atoms with van der Waals surface area (Å²) < 4.78 is 1.52. The lowest BCUT2D eigenvalue weighted by Crippen LogP contribution is -2.15. The number of non-ortho nitro benzene ring substituents is 1. The Labute approximate surface area is 152 Å². The van der Waals surface area contributed by atoms with Crippen molar-refractivity contribution in [3.05, 3.63) is 69.9 Å². The number of amides is 1. The van der Waals surface area contributed by atoms with Crippen molar-refractivity contribution < 1.29 is 14.8 Å². The van der Waals surface area contributed by atoms with Crippen LogP contribution in [0.15, 0.2) is 54.1 Å². The number of aromatic nitrogens is 2. The third-order valence-corrected chi connectivity index (χ3v) is 3.87. The molecule has 0 aliphatic carbocycles. The highest BCUT2D eigenvalue weighted by atomic mass is 16.6. The smallest absolute Gasteiger partial charge is 0.271 e. The first kappa shape index (κ1) is 17.6. The number of hydrogen-bond donors (Lipinski definition) is 2. The van der Waals surface area contributed by atoms with Crippen LogP contribution in [-0.4, -0.2) is 25.7 Å². The zero-order chi connectivity index (χ0) is 19.6. The molecule has 3 aromatic rings. The minimum Gasteiger partial charge on any atom is -0.504 e. The average Bonchev–Trinajstić information content (AvgIpc) is 2.99. The van der Waals surface area contributed by atoms with Gasteiger partial charge in [-0.15, -0.1) is 0 Å². The maximum atomic E-state index is 12.4. The fourth-order valence-electron chi connectivity index (χ4n) is 2.61. The molecular formula is C18H13N5O4. The highest BCUT2D eigenvalue weighted by Gasteiger charge is 2.21. The molecule has 134 valence electrons. The molecule has 0 saturated carbocycles. The van der Waals surface area contributed by atoms with Gasteiger partial charge in [-0.1, -0.05) is 24.3 Å². The minimum absolute atomic E-state index is 0.0962. The van der Waals surface area contributed by atoms with E-state index in [4.69, 9.17) is 0 Å². The number of carbonyl (C=O) groups excluding carboxylic acids is 1. The highest BCUT2D eigenvalue weighted by molar-refractivity contribution is 6.12. The Kier molecular flexibility index (Phi) is 4.55. The van der Waals surface area contributed by atoms with Gasteiger partial charge in [-0.25, -0.2) is 0 Å². The van der Waals surface area contributed by atoms with Gasteiger partial charge in [0.2, 0.25) is 0 Å². The molecule has 0 aliphatic heterocycles. The number of nitriles is 1. The number of aryl methyl sites for hydroxylation is 1. The number of para-hydroxylation sites is 1. The number of nitro benzene ring substituents is 1. The molecule has 1 heterocycles. The van der Waals surface area contributed by atoms with Gasteiger partial charge in [0.1, 0.15) is 11.8 Å². The van der Waals surface area contributed by atoms with Crippen LogP contribution in [0.3, 0.4) is 0 Å². The number of nitrogens with one attached hydrogen (secondary N) is 1. The van der Waals surface area contributed by atoms with Crippen molar-refractivity contribution in [1.82, 2.24) is 9.78 Å². The first-order chi connectivity index (χ1) is 12.9. The van der Waals surface area contributed by atoms with E-state index in [2.05, 4.69) is 10.4 Å². The number of nitro groups is 1. The molecule has 2 aromatic carbocycles. The predicted octanol–water partition coefficient (Wildman–Crippen LogP) is 2.91. The van der Waals surface area contributed by atoms with Gasteiger partial charge in [0, 0.05) is 30.3 Å². The van der Waals surface area contributed by atoms with E-state index in [1.165, 1.54) is 22.9 Å². The summed E-state index contributed by atoms with van der Waals surface area (Å²) in [5.41, 5.74) is 0.176. The lowest BCUT2D eigenvalue weighted by molar-refractivity contribution is -0.384. The Bertz CT molecular complexity index is 1140. The number of benzene rings is 2.